The van der Waals surface area contributed by atoms with Crippen molar-refractivity contribution in [2.24, 2.45) is 5.73 Å². The Morgan fingerprint density at radius 3 is 2.17 bits per heavy atom. The lowest BCUT2D eigenvalue weighted by Crippen LogP contribution is -2.22. The number of aromatic carboxylic acids is 1. The number of aryl methyl sites for hydroxylation is 2. The van der Waals surface area contributed by atoms with E-state index < -0.39 is 18.2 Å². The maximum atomic E-state index is 11.0. The van der Waals surface area contributed by atoms with Crippen molar-refractivity contribution in [3.8, 4) is 0 Å². The Bertz CT molecular complexity index is 422. The Kier molecular flexibility index (Phi) is 4.84. The van der Waals surface area contributed by atoms with Crippen LogP contribution >= 0.6 is 0 Å². The fourth-order valence-electron chi connectivity index (χ4n) is 2.06. The van der Waals surface area contributed by atoms with Crippen molar-refractivity contribution in [2.45, 2.75) is 32.5 Å². The van der Waals surface area contributed by atoms with Crippen LogP contribution in [0.1, 0.15) is 39.6 Å². The molecule has 0 amide bonds. The number of carboxylic acids is 1. The smallest absolute Gasteiger partial charge is 0.336 e. The number of hydrogen-bond donors (Lipinski definition) is 4. The standard InChI is InChI=1S/C13H19NO4/c1-7-5-9(12(16)10(15)3-4-14)6-8(2)11(7)13(17)18/h5-6,10,12,15-16H,3-4,14H2,1-2H3,(H,17,18). The molecular formula is C13H19NO4. The van der Waals surface area contributed by atoms with Gasteiger partial charge in [-0.3, -0.25) is 0 Å². The van der Waals surface area contributed by atoms with Gasteiger partial charge in [-0.15, -0.1) is 0 Å². The summed E-state index contributed by atoms with van der Waals surface area (Å²) in [5.74, 6) is -0.992. The summed E-state index contributed by atoms with van der Waals surface area (Å²) >= 11 is 0. The molecule has 18 heavy (non-hydrogen) atoms. The highest BCUT2D eigenvalue weighted by Gasteiger charge is 2.20. The minimum Gasteiger partial charge on any atom is -0.478 e. The number of carboxylic acid groups (broad SMARTS) is 1. The number of hydrogen-bond acceptors (Lipinski definition) is 4. The van der Waals surface area contributed by atoms with E-state index in [1.165, 1.54) is 0 Å². The number of aliphatic hydroxyl groups is 2. The van der Waals surface area contributed by atoms with E-state index in [9.17, 15) is 15.0 Å². The normalized spacial score (nSPS) is 14.3. The van der Waals surface area contributed by atoms with Gasteiger partial charge in [-0.05, 0) is 43.5 Å². The van der Waals surface area contributed by atoms with Crippen molar-refractivity contribution in [3.05, 3.63) is 34.4 Å². The Balaban J connectivity index is 3.10. The molecule has 5 nitrogen and oxygen atoms in total. The van der Waals surface area contributed by atoms with Crippen LogP contribution in [-0.4, -0.2) is 33.9 Å². The average molecular weight is 253 g/mol. The minimum atomic E-state index is -1.05. The van der Waals surface area contributed by atoms with Gasteiger partial charge in [0, 0.05) is 0 Å². The van der Waals surface area contributed by atoms with Crippen molar-refractivity contribution >= 4 is 5.97 Å². The van der Waals surface area contributed by atoms with Crippen LogP contribution in [0.3, 0.4) is 0 Å². The second-order valence-electron chi connectivity index (χ2n) is 4.42. The highest BCUT2D eigenvalue weighted by atomic mass is 16.4. The zero-order chi connectivity index (χ0) is 13.9. The second kappa shape index (κ2) is 5.95. The van der Waals surface area contributed by atoms with Crippen LogP contribution in [0.15, 0.2) is 12.1 Å². The molecular weight excluding hydrogens is 234 g/mol. The summed E-state index contributed by atoms with van der Waals surface area (Å²) in [5, 5.41) is 28.7. The molecule has 0 aliphatic heterocycles. The molecule has 0 radical (unpaired) electrons. The van der Waals surface area contributed by atoms with Crippen molar-refractivity contribution in [2.75, 3.05) is 6.54 Å². The van der Waals surface area contributed by atoms with E-state index in [0.717, 1.165) is 0 Å². The monoisotopic (exact) mass is 253 g/mol. The molecule has 5 heteroatoms. The van der Waals surface area contributed by atoms with Crippen molar-refractivity contribution in [1.82, 2.24) is 0 Å². The molecule has 1 aromatic carbocycles. The Morgan fingerprint density at radius 1 is 1.28 bits per heavy atom. The van der Waals surface area contributed by atoms with E-state index in [2.05, 4.69) is 0 Å². The molecule has 0 saturated carbocycles. The molecule has 1 rings (SSSR count). The van der Waals surface area contributed by atoms with Crippen LogP contribution in [0.2, 0.25) is 0 Å². The van der Waals surface area contributed by atoms with Crippen LogP contribution in [0.4, 0.5) is 0 Å². The van der Waals surface area contributed by atoms with Gasteiger partial charge in [-0.1, -0.05) is 12.1 Å². The summed E-state index contributed by atoms with van der Waals surface area (Å²) in [6.07, 6.45) is -1.70. The van der Waals surface area contributed by atoms with Crippen LogP contribution in [0, 0.1) is 13.8 Å². The predicted octanol–water partition coefficient (Wildman–Crippen LogP) is 0.745. The fraction of sp³-hybridized carbons (Fsp3) is 0.462. The Morgan fingerprint density at radius 2 is 1.78 bits per heavy atom. The summed E-state index contributed by atoms with van der Waals surface area (Å²) in [6.45, 7) is 3.62. The second-order valence-corrected chi connectivity index (χ2v) is 4.42. The number of aliphatic hydroxyl groups excluding tert-OH is 2. The average Bonchev–Trinajstić information content (AvgIpc) is 2.26. The number of rotatable bonds is 5. The van der Waals surface area contributed by atoms with Gasteiger partial charge < -0.3 is 21.1 Å². The molecule has 0 bridgehead atoms. The lowest BCUT2D eigenvalue weighted by Gasteiger charge is -2.19. The predicted molar refractivity (Wildman–Crippen MR) is 67.5 cm³/mol. The van der Waals surface area contributed by atoms with E-state index in [-0.39, 0.29) is 12.1 Å². The molecule has 2 atom stereocenters. The summed E-state index contributed by atoms with van der Waals surface area (Å²) in [6, 6.07) is 3.17. The summed E-state index contributed by atoms with van der Waals surface area (Å²) in [7, 11) is 0. The molecule has 5 N–H and O–H groups in total. The van der Waals surface area contributed by atoms with Gasteiger partial charge in [0.05, 0.1) is 11.7 Å². The summed E-state index contributed by atoms with van der Waals surface area (Å²) in [4.78, 5) is 11.0. The lowest BCUT2D eigenvalue weighted by molar-refractivity contribution is 0.0149. The molecule has 0 fully saturated rings. The molecule has 0 heterocycles. The van der Waals surface area contributed by atoms with Crippen LogP contribution in [0.25, 0.3) is 0 Å². The maximum absolute atomic E-state index is 11.0. The highest BCUT2D eigenvalue weighted by Crippen LogP contribution is 2.24. The SMILES string of the molecule is Cc1cc(C(O)C(O)CCN)cc(C)c1C(=O)O. The van der Waals surface area contributed by atoms with Gasteiger partial charge >= 0.3 is 5.97 Å². The lowest BCUT2D eigenvalue weighted by atomic mass is 9.94. The molecule has 1 aromatic rings. The van der Waals surface area contributed by atoms with Gasteiger partial charge in [0.15, 0.2) is 0 Å². The van der Waals surface area contributed by atoms with E-state index in [1.807, 2.05) is 0 Å². The number of nitrogens with two attached hydrogens (primary N) is 1. The quantitative estimate of drug-likeness (QED) is 0.619. The number of carbonyl (C=O) groups is 1. The van der Waals surface area contributed by atoms with Crippen LogP contribution in [-0.2, 0) is 0 Å². The third-order valence-electron chi connectivity index (χ3n) is 2.94. The van der Waals surface area contributed by atoms with E-state index in [1.54, 1.807) is 26.0 Å². The van der Waals surface area contributed by atoms with Crippen molar-refractivity contribution < 1.29 is 20.1 Å². The van der Waals surface area contributed by atoms with Gasteiger partial charge in [-0.25, -0.2) is 4.79 Å². The zero-order valence-electron chi connectivity index (χ0n) is 10.6. The molecule has 0 aliphatic rings. The van der Waals surface area contributed by atoms with Gasteiger partial charge in [-0.2, -0.15) is 0 Å². The summed E-state index contributed by atoms with van der Waals surface area (Å²) in [5.41, 5.74) is 7.20. The molecule has 0 saturated heterocycles. The maximum Gasteiger partial charge on any atom is 0.336 e. The summed E-state index contributed by atoms with van der Waals surface area (Å²) < 4.78 is 0. The van der Waals surface area contributed by atoms with Crippen molar-refractivity contribution in [1.29, 1.82) is 0 Å². The molecule has 0 aromatic heterocycles. The van der Waals surface area contributed by atoms with Crippen LogP contribution < -0.4 is 5.73 Å². The van der Waals surface area contributed by atoms with Gasteiger partial charge in [0.1, 0.15) is 6.10 Å². The largest absolute Gasteiger partial charge is 0.478 e. The minimum absolute atomic E-state index is 0.235. The first kappa shape index (κ1) is 14.6. The Hall–Kier alpha value is -1.43. The molecule has 0 aliphatic carbocycles. The Labute approximate surface area is 106 Å². The highest BCUT2D eigenvalue weighted by molar-refractivity contribution is 5.91. The first-order valence-electron chi connectivity index (χ1n) is 5.79. The van der Waals surface area contributed by atoms with Crippen molar-refractivity contribution in [3.63, 3.8) is 0 Å². The molecule has 0 spiro atoms. The molecule has 100 valence electrons. The third kappa shape index (κ3) is 3.07. The van der Waals surface area contributed by atoms with Crippen LogP contribution in [0.5, 0.6) is 0 Å². The third-order valence-corrected chi connectivity index (χ3v) is 2.94. The fourth-order valence-corrected chi connectivity index (χ4v) is 2.06. The van der Waals surface area contributed by atoms with Gasteiger partial charge in [0.2, 0.25) is 0 Å². The molecule has 2 unspecified atom stereocenters. The first-order chi connectivity index (χ1) is 8.38. The zero-order valence-corrected chi connectivity index (χ0v) is 10.6. The van der Waals surface area contributed by atoms with E-state index in [4.69, 9.17) is 10.8 Å². The van der Waals surface area contributed by atoms with Gasteiger partial charge in [0.25, 0.3) is 0 Å². The van der Waals surface area contributed by atoms with E-state index >= 15 is 0 Å². The number of benzene rings is 1. The van der Waals surface area contributed by atoms with E-state index in [0.29, 0.717) is 23.1 Å². The first-order valence-corrected chi connectivity index (χ1v) is 5.79. The topological polar surface area (TPSA) is 104 Å².